The number of aromatic nitrogens is 2. The molecular weight excluding hydrogens is 292 g/mol. The summed E-state index contributed by atoms with van der Waals surface area (Å²) in [7, 11) is 0. The molecule has 94 valence electrons. The number of hydrogen-bond donors (Lipinski definition) is 0. The maximum atomic E-state index is 12.4. The first kappa shape index (κ1) is 13.0. The van der Waals surface area contributed by atoms with Crippen LogP contribution in [0.1, 0.15) is 35.1 Å². The van der Waals surface area contributed by atoms with Crippen molar-refractivity contribution in [3.05, 3.63) is 52.0 Å². The van der Waals surface area contributed by atoms with Gasteiger partial charge < -0.3 is 4.57 Å². The van der Waals surface area contributed by atoms with E-state index in [1.165, 1.54) is 0 Å². The van der Waals surface area contributed by atoms with Crippen LogP contribution in [0, 0.1) is 6.92 Å². The van der Waals surface area contributed by atoms with Crippen LogP contribution in [0.4, 0.5) is 0 Å². The molecule has 18 heavy (non-hydrogen) atoms. The van der Waals surface area contributed by atoms with E-state index in [-0.39, 0.29) is 5.78 Å². The average molecular weight is 307 g/mol. The van der Waals surface area contributed by atoms with Gasteiger partial charge in [0.05, 0.1) is 0 Å². The molecule has 0 spiro atoms. The van der Waals surface area contributed by atoms with Crippen LogP contribution in [0.2, 0.25) is 0 Å². The van der Waals surface area contributed by atoms with Gasteiger partial charge in [-0.3, -0.25) is 4.79 Å². The number of ketones is 1. The number of carbonyl (C=O) groups excluding carboxylic acids is 1. The van der Waals surface area contributed by atoms with E-state index < -0.39 is 0 Å². The van der Waals surface area contributed by atoms with Gasteiger partial charge in [-0.15, -0.1) is 0 Å². The minimum absolute atomic E-state index is 0.0153. The highest BCUT2D eigenvalue weighted by Crippen LogP contribution is 2.18. The van der Waals surface area contributed by atoms with Crippen molar-refractivity contribution in [2.45, 2.75) is 26.8 Å². The first-order valence-electron chi connectivity index (χ1n) is 5.95. The first-order valence-corrected chi connectivity index (χ1v) is 6.74. The second kappa shape index (κ2) is 5.48. The molecular formula is C14H15BrN2O. The summed E-state index contributed by atoms with van der Waals surface area (Å²) in [4.78, 5) is 16.6. The van der Waals surface area contributed by atoms with E-state index >= 15 is 0 Å². The Morgan fingerprint density at radius 2 is 2.22 bits per heavy atom. The average Bonchev–Trinajstić information content (AvgIpc) is 2.77. The highest BCUT2D eigenvalue weighted by Gasteiger charge is 2.16. The van der Waals surface area contributed by atoms with Gasteiger partial charge in [0, 0.05) is 29.0 Å². The molecule has 0 radical (unpaired) electrons. The van der Waals surface area contributed by atoms with Gasteiger partial charge in [0.2, 0.25) is 5.78 Å². The van der Waals surface area contributed by atoms with Gasteiger partial charge in [-0.05, 0) is 37.1 Å². The van der Waals surface area contributed by atoms with Crippen LogP contribution < -0.4 is 0 Å². The first-order chi connectivity index (χ1) is 8.63. The molecule has 1 aromatic carbocycles. The monoisotopic (exact) mass is 306 g/mol. The summed E-state index contributed by atoms with van der Waals surface area (Å²) in [5, 5.41) is 0. The molecule has 1 aromatic heterocycles. The third-order valence-corrected chi connectivity index (χ3v) is 3.31. The minimum atomic E-state index is -0.0153. The van der Waals surface area contributed by atoms with E-state index in [9.17, 15) is 4.79 Å². The molecule has 0 aliphatic carbocycles. The van der Waals surface area contributed by atoms with E-state index in [4.69, 9.17) is 0 Å². The number of aryl methyl sites for hydroxylation is 2. The van der Waals surface area contributed by atoms with Crippen LogP contribution in [0.15, 0.2) is 35.1 Å². The summed E-state index contributed by atoms with van der Waals surface area (Å²) in [5.74, 6) is 0.501. The van der Waals surface area contributed by atoms with Gasteiger partial charge in [-0.2, -0.15) is 0 Å². The summed E-state index contributed by atoms with van der Waals surface area (Å²) >= 11 is 3.40. The largest absolute Gasteiger partial charge is 0.328 e. The second-order valence-corrected chi connectivity index (χ2v) is 5.15. The van der Waals surface area contributed by atoms with Crippen molar-refractivity contribution in [2.24, 2.45) is 0 Å². The molecule has 0 N–H and O–H groups in total. The number of nitrogens with zero attached hydrogens (tertiary/aromatic N) is 2. The van der Waals surface area contributed by atoms with Gasteiger partial charge in [0.25, 0.3) is 0 Å². The normalized spacial score (nSPS) is 10.6. The molecule has 2 aromatic rings. The standard InChI is InChI=1S/C14H15BrN2O/c1-3-7-17-8-6-16-14(17)13(18)12-5-4-11(15)9-10(12)2/h4-6,8-9H,3,7H2,1-2H3. The van der Waals surface area contributed by atoms with Crippen LogP contribution in [0.25, 0.3) is 0 Å². The number of rotatable bonds is 4. The number of hydrogen-bond acceptors (Lipinski definition) is 2. The van der Waals surface area contributed by atoms with Crippen LogP contribution in [-0.2, 0) is 6.54 Å². The van der Waals surface area contributed by atoms with Gasteiger partial charge in [-0.1, -0.05) is 22.9 Å². The van der Waals surface area contributed by atoms with Crippen LogP contribution in [0.5, 0.6) is 0 Å². The lowest BCUT2D eigenvalue weighted by Gasteiger charge is -2.07. The van der Waals surface area contributed by atoms with Gasteiger partial charge in [0.1, 0.15) is 0 Å². The molecule has 0 aliphatic heterocycles. The molecule has 0 aliphatic rings. The highest BCUT2D eigenvalue weighted by molar-refractivity contribution is 9.10. The molecule has 2 rings (SSSR count). The Balaban J connectivity index is 2.38. The van der Waals surface area contributed by atoms with E-state index in [0.717, 1.165) is 23.0 Å². The number of benzene rings is 1. The van der Waals surface area contributed by atoms with Crippen molar-refractivity contribution in [1.82, 2.24) is 9.55 Å². The Hall–Kier alpha value is -1.42. The maximum absolute atomic E-state index is 12.4. The SMILES string of the molecule is CCCn1ccnc1C(=O)c1ccc(Br)cc1C. The van der Waals surface area contributed by atoms with Crippen molar-refractivity contribution in [3.63, 3.8) is 0 Å². The molecule has 0 unspecified atom stereocenters. The Bertz CT molecular complexity index is 575. The number of carbonyl (C=O) groups is 1. The minimum Gasteiger partial charge on any atom is -0.328 e. The molecule has 1 heterocycles. The summed E-state index contributed by atoms with van der Waals surface area (Å²) in [5.41, 5.74) is 1.67. The number of halogens is 1. The molecule has 4 heteroatoms. The van der Waals surface area contributed by atoms with Gasteiger partial charge in [-0.25, -0.2) is 4.98 Å². The zero-order chi connectivity index (χ0) is 13.1. The molecule has 0 saturated carbocycles. The Morgan fingerprint density at radius 3 is 2.89 bits per heavy atom. The highest BCUT2D eigenvalue weighted by atomic mass is 79.9. The molecule has 0 bridgehead atoms. The Kier molecular flexibility index (Phi) is 3.97. The van der Waals surface area contributed by atoms with Crippen LogP contribution in [0.3, 0.4) is 0 Å². The molecule has 3 nitrogen and oxygen atoms in total. The zero-order valence-corrected chi connectivity index (χ0v) is 12.1. The van der Waals surface area contributed by atoms with Crippen LogP contribution >= 0.6 is 15.9 Å². The summed E-state index contributed by atoms with van der Waals surface area (Å²) in [6.07, 6.45) is 4.51. The van der Waals surface area contributed by atoms with E-state index in [0.29, 0.717) is 11.4 Å². The van der Waals surface area contributed by atoms with Crippen molar-refractivity contribution in [2.75, 3.05) is 0 Å². The zero-order valence-electron chi connectivity index (χ0n) is 10.5. The third-order valence-electron chi connectivity index (χ3n) is 2.82. The van der Waals surface area contributed by atoms with Gasteiger partial charge in [0.15, 0.2) is 5.82 Å². The Morgan fingerprint density at radius 1 is 1.44 bits per heavy atom. The van der Waals surface area contributed by atoms with Gasteiger partial charge >= 0.3 is 0 Å². The van der Waals surface area contributed by atoms with E-state index in [1.807, 2.05) is 35.9 Å². The lowest BCUT2D eigenvalue weighted by Crippen LogP contribution is -2.12. The number of imidazole rings is 1. The predicted octanol–water partition coefficient (Wildman–Crippen LogP) is 3.60. The fourth-order valence-electron chi connectivity index (χ4n) is 1.94. The molecule has 0 amide bonds. The van der Waals surface area contributed by atoms with E-state index in [2.05, 4.69) is 27.8 Å². The summed E-state index contributed by atoms with van der Waals surface area (Å²) in [6, 6.07) is 5.67. The van der Waals surface area contributed by atoms with Crippen molar-refractivity contribution in [1.29, 1.82) is 0 Å². The molecule has 0 atom stereocenters. The topological polar surface area (TPSA) is 34.9 Å². The second-order valence-electron chi connectivity index (χ2n) is 4.23. The molecule has 0 fully saturated rings. The Labute approximate surface area is 115 Å². The smallest absolute Gasteiger partial charge is 0.228 e. The maximum Gasteiger partial charge on any atom is 0.228 e. The van der Waals surface area contributed by atoms with Crippen molar-refractivity contribution < 1.29 is 4.79 Å². The summed E-state index contributed by atoms with van der Waals surface area (Å²) < 4.78 is 2.89. The fourth-order valence-corrected chi connectivity index (χ4v) is 2.42. The summed E-state index contributed by atoms with van der Waals surface area (Å²) in [6.45, 7) is 4.83. The quantitative estimate of drug-likeness (QED) is 0.809. The third kappa shape index (κ3) is 2.53. The lowest BCUT2D eigenvalue weighted by molar-refractivity contribution is 0.102. The fraction of sp³-hybridized carbons (Fsp3) is 0.286. The van der Waals surface area contributed by atoms with Crippen molar-refractivity contribution >= 4 is 21.7 Å². The van der Waals surface area contributed by atoms with E-state index in [1.54, 1.807) is 6.20 Å². The van der Waals surface area contributed by atoms with Crippen molar-refractivity contribution in [3.8, 4) is 0 Å². The van der Waals surface area contributed by atoms with Crippen LogP contribution in [-0.4, -0.2) is 15.3 Å². The molecule has 0 saturated heterocycles. The lowest BCUT2D eigenvalue weighted by atomic mass is 10.0. The predicted molar refractivity (Wildman–Crippen MR) is 74.8 cm³/mol.